The zero-order valence-corrected chi connectivity index (χ0v) is 10.6. The summed E-state index contributed by atoms with van der Waals surface area (Å²) in [6, 6.07) is -0.189. The van der Waals surface area contributed by atoms with Crippen molar-refractivity contribution in [3.8, 4) is 0 Å². The Morgan fingerprint density at radius 2 is 2.24 bits per heavy atom. The quantitative estimate of drug-likeness (QED) is 0.656. The molecule has 1 aliphatic heterocycles. The number of carboxylic acid groups (broad SMARTS) is 1. The molecule has 0 aromatic heterocycles. The minimum absolute atomic E-state index is 0.000709. The van der Waals surface area contributed by atoms with E-state index < -0.39 is 6.09 Å². The predicted molar refractivity (Wildman–Crippen MR) is 63.9 cm³/mol. The Morgan fingerprint density at radius 3 is 2.71 bits per heavy atom. The fourth-order valence-corrected chi connectivity index (χ4v) is 1.79. The second-order valence-electron chi connectivity index (χ2n) is 5.45. The van der Waals surface area contributed by atoms with Crippen LogP contribution in [0.4, 0.5) is 4.79 Å². The van der Waals surface area contributed by atoms with E-state index in [-0.39, 0.29) is 17.4 Å². The van der Waals surface area contributed by atoms with Crippen molar-refractivity contribution in [1.29, 1.82) is 0 Å². The van der Waals surface area contributed by atoms with E-state index in [1.54, 1.807) is 0 Å². The maximum Gasteiger partial charge on any atom is 0.404 e. The van der Waals surface area contributed by atoms with Crippen molar-refractivity contribution in [3.63, 3.8) is 0 Å². The van der Waals surface area contributed by atoms with Crippen molar-refractivity contribution in [3.05, 3.63) is 0 Å². The molecule has 2 amide bonds. The molecular weight excluding hydrogens is 222 g/mol. The molecular formula is C11H21N3O3. The third-order valence-corrected chi connectivity index (χ3v) is 2.90. The molecule has 1 aliphatic rings. The largest absolute Gasteiger partial charge is 0.465 e. The topological polar surface area (TPSA) is 81.7 Å². The van der Waals surface area contributed by atoms with E-state index in [1.807, 2.05) is 25.7 Å². The lowest BCUT2D eigenvalue weighted by Gasteiger charge is -2.36. The van der Waals surface area contributed by atoms with Gasteiger partial charge in [0, 0.05) is 25.7 Å². The SMILES string of the molecule is CC(C)(C)C(CN1CCNC(=O)C1)NC(=O)O. The van der Waals surface area contributed by atoms with Crippen LogP contribution in [0.15, 0.2) is 0 Å². The van der Waals surface area contributed by atoms with Crippen LogP contribution in [0.5, 0.6) is 0 Å². The number of rotatable bonds is 3. The molecule has 1 fully saturated rings. The number of amides is 2. The molecule has 17 heavy (non-hydrogen) atoms. The highest BCUT2D eigenvalue weighted by molar-refractivity contribution is 5.78. The number of nitrogens with zero attached hydrogens (tertiary/aromatic N) is 1. The highest BCUT2D eigenvalue weighted by Crippen LogP contribution is 2.20. The molecule has 0 aromatic rings. The van der Waals surface area contributed by atoms with Crippen molar-refractivity contribution in [1.82, 2.24) is 15.5 Å². The standard InChI is InChI=1S/C11H21N3O3/c1-11(2,3)8(13-10(16)17)6-14-5-4-12-9(15)7-14/h8,13H,4-7H2,1-3H3,(H,12,15)(H,16,17). The van der Waals surface area contributed by atoms with Crippen LogP contribution in [-0.4, -0.2) is 54.2 Å². The van der Waals surface area contributed by atoms with Gasteiger partial charge in [-0.25, -0.2) is 4.79 Å². The molecule has 0 saturated carbocycles. The second-order valence-corrected chi connectivity index (χ2v) is 5.45. The average molecular weight is 243 g/mol. The lowest BCUT2D eigenvalue weighted by molar-refractivity contribution is -0.124. The summed E-state index contributed by atoms with van der Waals surface area (Å²) in [5.74, 6) is -0.000709. The van der Waals surface area contributed by atoms with Crippen LogP contribution >= 0.6 is 0 Å². The van der Waals surface area contributed by atoms with Gasteiger partial charge in [-0.15, -0.1) is 0 Å². The Labute approximate surface area is 101 Å². The summed E-state index contributed by atoms with van der Waals surface area (Å²) < 4.78 is 0. The second kappa shape index (κ2) is 5.35. The van der Waals surface area contributed by atoms with Crippen molar-refractivity contribution < 1.29 is 14.7 Å². The van der Waals surface area contributed by atoms with Gasteiger partial charge in [-0.3, -0.25) is 9.69 Å². The van der Waals surface area contributed by atoms with E-state index in [0.717, 1.165) is 6.54 Å². The van der Waals surface area contributed by atoms with Gasteiger partial charge in [0.15, 0.2) is 0 Å². The Hall–Kier alpha value is -1.30. The first-order valence-electron chi connectivity index (χ1n) is 5.77. The first-order valence-corrected chi connectivity index (χ1v) is 5.77. The number of piperazine rings is 1. The van der Waals surface area contributed by atoms with Crippen molar-refractivity contribution in [2.45, 2.75) is 26.8 Å². The summed E-state index contributed by atoms with van der Waals surface area (Å²) in [5.41, 5.74) is -0.174. The van der Waals surface area contributed by atoms with Crippen molar-refractivity contribution in [2.24, 2.45) is 5.41 Å². The number of hydrogen-bond donors (Lipinski definition) is 3. The summed E-state index contributed by atoms with van der Waals surface area (Å²) in [4.78, 5) is 24.0. The van der Waals surface area contributed by atoms with Gasteiger partial charge in [0.25, 0.3) is 0 Å². The molecule has 6 nitrogen and oxygen atoms in total. The van der Waals surface area contributed by atoms with Gasteiger partial charge in [-0.1, -0.05) is 20.8 Å². The fraction of sp³-hybridized carbons (Fsp3) is 0.818. The van der Waals surface area contributed by atoms with Crippen LogP contribution < -0.4 is 10.6 Å². The summed E-state index contributed by atoms with van der Waals surface area (Å²) in [7, 11) is 0. The van der Waals surface area contributed by atoms with E-state index in [2.05, 4.69) is 10.6 Å². The molecule has 1 atom stereocenters. The molecule has 1 unspecified atom stereocenters. The van der Waals surface area contributed by atoms with E-state index in [4.69, 9.17) is 5.11 Å². The normalized spacial score (nSPS) is 19.6. The van der Waals surface area contributed by atoms with E-state index in [9.17, 15) is 9.59 Å². The van der Waals surface area contributed by atoms with Gasteiger partial charge >= 0.3 is 6.09 Å². The number of carbonyl (C=O) groups excluding carboxylic acids is 1. The van der Waals surface area contributed by atoms with Gasteiger partial charge in [0.2, 0.25) is 5.91 Å². The van der Waals surface area contributed by atoms with Crippen LogP contribution in [0.25, 0.3) is 0 Å². The summed E-state index contributed by atoms with van der Waals surface area (Å²) in [6.07, 6.45) is -1.02. The lowest BCUT2D eigenvalue weighted by atomic mass is 9.86. The molecule has 98 valence electrons. The van der Waals surface area contributed by atoms with Gasteiger partial charge in [-0.05, 0) is 5.41 Å². The zero-order chi connectivity index (χ0) is 13.1. The van der Waals surface area contributed by atoms with Gasteiger partial charge in [0.1, 0.15) is 0 Å². The molecule has 0 spiro atoms. The third-order valence-electron chi connectivity index (χ3n) is 2.90. The molecule has 0 aromatic carbocycles. The molecule has 1 rings (SSSR count). The Bertz CT molecular complexity index is 299. The van der Waals surface area contributed by atoms with Gasteiger partial charge in [-0.2, -0.15) is 0 Å². The number of hydrogen-bond acceptors (Lipinski definition) is 3. The molecule has 0 aliphatic carbocycles. The Morgan fingerprint density at radius 1 is 1.59 bits per heavy atom. The molecule has 0 bridgehead atoms. The lowest BCUT2D eigenvalue weighted by Crippen LogP contribution is -2.55. The monoisotopic (exact) mass is 243 g/mol. The fourth-order valence-electron chi connectivity index (χ4n) is 1.79. The summed E-state index contributed by atoms with van der Waals surface area (Å²) >= 11 is 0. The summed E-state index contributed by atoms with van der Waals surface area (Å²) in [5, 5.41) is 14.1. The predicted octanol–water partition coefficient (Wildman–Crippen LogP) is 0.101. The number of carbonyl (C=O) groups is 2. The maximum atomic E-state index is 11.2. The van der Waals surface area contributed by atoms with Crippen LogP contribution in [0, 0.1) is 5.41 Å². The van der Waals surface area contributed by atoms with Gasteiger partial charge in [0.05, 0.1) is 6.54 Å². The minimum atomic E-state index is -1.02. The molecule has 0 radical (unpaired) electrons. The van der Waals surface area contributed by atoms with Crippen LogP contribution in [0.1, 0.15) is 20.8 Å². The maximum absolute atomic E-state index is 11.2. The van der Waals surface area contributed by atoms with Crippen LogP contribution in [-0.2, 0) is 4.79 Å². The third kappa shape index (κ3) is 4.60. The molecule has 1 heterocycles. The zero-order valence-electron chi connectivity index (χ0n) is 10.6. The Kier molecular flexibility index (Phi) is 4.34. The Balaban J connectivity index is 2.59. The van der Waals surface area contributed by atoms with Crippen molar-refractivity contribution >= 4 is 12.0 Å². The van der Waals surface area contributed by atoms with Crippen LogP contribution in [0.2, 0.25) is 0 Å². The van der Waals surface area contributed by atoms with Gasteiger partial charge < -0.3 is 15.7 Å². The summed E-state index contributed by atoms with van der Waals surface area (Å²) in [6.45, 7) is 8.24. The minimum Gasteiger partial charge on any atom is -0.465 e. The highest BCUT2D eigenvalue weighted by Gasteiger charge is 2.29. The molecule has 3 N–H and O–H groups in total. The van der Waals surface area contributed by atoms with E-state index in [1.165, 1.54) is 0 Å². The number of nitrogens with one attached hydrogen (secondary N) is 2. The van der Waals surface area contributed by atoms with E-state index >= 15 is 0 Å². The van der Waals surface area contributed by atoms with E-state index in [0.29, 0.717) is 19.6 Å². The average Bonchev–Trinajstić information content (AvgIpc) is 2.14. The van der Waals surface area contributed by atoms with Crippen LogP contribution in [0.3, 0.4) is 0 Å². The molecule has 6 heteroatoms. The first-order chi connectivity index (χ1) is 7.79. The highest BCUT2D eigenvalue weighted by atomic mass is 16.4. The van der Waals surface area contributed by atoms with Crippen molar-refractivity contribution in [2.75, 3.05) is 26.2 Å². The first kappa shape index (κ1) is 13.8. The smallest absolute Gasteiger partial charge is 0.404 e. The molecule has 1 saturated heterocycles.